The average Bonchev–Trinajstić information content (AvgIpc) is 2.45. The molecule has 28 heavy (non-hydrogen) atoms. The van der Waals surface area contributed by atoms with Crippen LogP contribution in [-0.2, 0) is 4.74 Å². The fourth-order valence-corrected chi connectivity index (χ4v) is 4.72. The van der Waals surface area contributed by atoms with E-state index in [9.17, 15) is 0 Å². The van der Waals surface area contributed by atoms with E-state index in [0.717, 1.165) is 8.97 Å². The Morgan fingerprint density at radius 3 is 1.32 bits per heavy atom. The molecule has 0 aliphatic rings. The van der Waals surface area contributed by atoms with Gasteiger partial charge in [0.15, 0.2) is 6.10 Å². The maximum absolute atomic E-state index is 6.42. The van der Waals surface area contributed by atoms with Gasteiger partial charge in [0.1, 0.15) is 0 Å². The Bertz CT molecular complexity index is 326. The fourth-order valence-electron chi connectivity index (χ4n) is 4.72. The highest BCUT2D eigenvalue weighted by atomic mass is 35.5. The van der Waals surface area contributed by atoms with Crippen molar-refractivity contribution < 1.29 is 38.5 Å². The van der Waals surface area contributed by atoms with Crippen LogP contribution in [0, 0.1) is 0 Å². The Kier molecular flexibility index (Phi) is 20.3. The molecule has 0 aromatic carbocycles. The monoisotopic (exact) mass is 442 g/mol. The number of hydrogen-bond donors (Lipinski definition) is 0. The summed E-state index contributed by atoms with van der Waals surface area (Å²) < 4.78 is 8.27. The molecule has 0 saturated carbocycles. The lowest BCUT2D eigenvalue weighted by molar-refractivity contribution is -1.09. The van der Waals surface area contributed by atoms with Crippen molar-refractivity contribution in [2.45, 2.75) is 110 Å². The first-order valence-corrected chi connectivity index (χ1v) is 11.3. The van der Waals surface area contributed by atoms with Crippen molar-refractivity contribution in [2.75, 3.05) is 42.3 Å². The van der Waals surface area contributed by atoms with Gasteiger partial charge < -0.3 is 29.6 Å². The van der Waals surface area contributed by atoms with Crippen LogP contribution in [0.2, 0.25) is 0 Å². The van der Waals surface area contributed by atoms with Gasteiger partial charge in [-0.05, 0) is 20.3 Å². The van der Waals surface area contributed by atoms with E-state index in [2.05, 4.69) is 63.1 Å². The minimum absolute atomic E-state index is 0. The molecule has 174 valence electrons. The van der Waals surface area contributed by atoms with Crippen molar-refractivity contribution in [2.24, 2.45) is 0 Å². The molecule has 0 saturated heterocycles. The van der Waals surface area contributed by atoms with Gasteiger partial charge in [-0.1, -0.05) is 71.1 Å². The first-order valence-electron chi connectivity index (χ1n) is 11.3. The Hall–Kier alpha value is 0.460. The highest BCUT2D eigenvalue weighted by Crippen LogP contribution is 2.21. The van der Waals surface area contributed by atoms with Crippen molar-refractivity contribution in [3.8, 4) is 0 Å². The number of quaternary nitrogens is 2. The summed E-state index contributed by atoms with van der Waals surface area (Å²) in [4.78, 5) is 0. The van der Waals surface area contributed by atoms with Gasteiger partial charge in [-0.3, -0.25) is 8.97 Å². The van der Waals surface area contributed by atoms with Crippen LogP contribution in [0.3, 0.4) is 0 Å². The molecule has 2 unspecified atom stereocenters. The van der Waals surface area contributed by atoms with Crippen LogP contribution in [0.4, 0.5) is 0 Å². The molecular weight excluding hydrogens is 391 g/mol. The van der Waals surface area contributed by atoms with E-state index < -0.39 is 0 Å². The summed E-state index contributed by atoms with van der Waals surface area (Å²) in [6, 6.07) is 0. The second-order valence-electron chi connectivity index (χ2n) is 10.3. The van der Waals surface area contributed by atoms with Gasteiger partial charge in [0.2, 0.25) is 6.17 Å². The second-order valence-corrected chi connectivity index (χ2v) is 10.3. The molecule has 0 spiro atoms. The number of unbranched alkanes of at least 4 members (excludes halogenated alkanes) is 9. The molecule has 0 rings (SSSR count). The third kappa shape index (κ3) is 16.3. The number of ether oxygens (including phenoxy) is 1. The Balaban J connectivity index is -0.00000312. The second kappa shape index (κ2) is 17.2. The van der Waals surface area contributed by atoms with E-state index >= 15 is 0 Å². The van der Waals surface area contributed by atoms with Crippen molar-refractivity contribution in [1.29, 1.82) is 0 Å². The van der Waals surface area contributed by atoms with Gasteiger partial charge in [0.25, 0.3) is 0 Å². The predicted octanol–water partition coefficient (Wildman–Crippen LogP) is -0.162. The molecule has 0 bridgehead atoms. The van der Waals surface area contributed by atoms with Crippen LogP contribution in [0.5, 0.6) is 0 Å². The number of rotatable bonds is 16. The van der Waals surface area contributed by atoms with Crippen LogP contribution in [0.25, 0.3) is 0 Å². The maximum atomic E-state index is 6.42. The van der Waals surface area contributed by atoms with E-state index in [1.165, 1.54) is 70.6 Å². The summed E-state index contributed by atoms with van der Waals surface area (Å²) in [5.74, 6) is 0. The largest absolute Gasteiger partial charge is 1.00 e. The van der Waals surface area contributed by atoms with Gasteiger partial charge in [-0.25, -0.2) is 0 Å². The zero-order valence-electron chi connectivity index (χ0n) is 20.6. The van der Waals surface area contributed by atoms with Crippen molar-refractivity contribution >= 4 is 0 Å². The minimum atomic E-state index is 0. The molecule has 0 radical (unpaired) electrons. The molecule has 0 aromatic heterocycles. The highest BCUT2D eigenvalue weighted by molar-refractivity contribution is 4.61. The molecule has 0 aliphatic carbocycles. The van der Waals surface area contributed by atoms with E-state index in [-0.39, 0.29) is 30.9 Å². The minimum Gasteiger partial charge on any atom is -1.00 e. The normalized spacial score (nSPS) is 14.4. The van der Waals surface area contributed by atoms with Gasteiger partial charge in [0, 0.05) is 0 Å². The van der Waals surface area contributed by atoms with E-state index in [0.29, 0.717) is 12.3 Å². The molecular formula is C23H52Cl2N2O. The number of nitrogens with zero attached hydrogens (tertiary/aromatic N) is 2. The van der Waals surface area contributed by atoms with Crippen LogP contribution >= 0.6 is 0 Å². The quantitative estimate of drug-likeness (QED) is 0.183. The summed E-state index contributed by atoms with van der Waals surface area (Å²) in [5.41, 5.74) is 0. The predicted molar refractivity (Wildman–Crippen MR) is 116 cm³/mol. The summed E-state index contributed by atoms with van der Waals surface area (Å²) in [6.07, 6.45) is 16.3. The molecule has 2 atom stereocenters. The topological polar surface area (TPSA) is 9.23 Å². The van der Waals surface area contributed by atoms with Crippen molar-refractivity contribution in [3.63, 3.8) is 0 Å². The first kappa shape index (κ1) is 33.1. The van der Waals surface area contributed by atoms with Crippen molar-refractivity contribution in [1.82, 2.24) is 0 Å². The fraction of sp³-hybridized carbons (Fsp3) is 1.00. The van der Waals surface area contributed by atoms with Crippen LogP contribution < -0.4 is 24.8 Å². The SMILES string of the molecule is CCCCCCCCCCCCC(C)OC(C)C([N+](C)(C)C)[N+](C)(C)C.[Cl-].[Cl-]. The van der Waals surface area contributed by atoms with Gasteiger partial charge in [-0.2, -0.15) is 0 Å². The molecule has 0 heterocycles. The molecule has 0 amide bonds. The highest BCUT2D eigenvalue weighted by Gasteiger charge is 2.42. The zero-order chi connectivity index (χ0) is 20.2. The Morgan fingerprint density at radius 1 is 0.607 bits per heavy atom. The maximum Gasteiger partial charge on any atom is 0.241 e. The van der Waals surface area contributed by atoms with Gasteiger partial charge in [-0.15, -0.1) is 0 Å². The molecule has 5 heteroatoms. The zero-order valence-corrected chi connectivity index (χ0v) is 22.1. The number of hydrogen-bond acceptors (Lipinski definition) is 1. The molecule has 3 nitrogen and oxygen atoms in total. The van der Waals surface area contributed by atoms with Crippen LogP contribution in [0.1, 0.15) is 91.4 Å². The first-order chi connectivity index (χ1) is 12.0. The molecule has 0 fully saturated rings. The van der Waals surface area contributed by atoms with Crippen LogP contribution in [-0.4, -0.2) is 69.6 Å². The van der Waals surface area contributed by atoms with Gasteiger partial charge >= 0.3 is 0 Å². The van der Waals surface area contributed by atoms with Gasteiger partial charge in [0.05, 0.1) is 48.4 Å². The standard InChI is InChI=1S/C23H52N2O.2ClH/c1-10-11-12-13-14-15-16-17-18-19-20-21(2)26-22(3)23(24(4,5)6)25(7,8)9;;/h21-23H,10-20H2,1-9H3;2*1H/q+2;;/p-2. The summed E-state index contributed by atoms with van der Waals surface area (Å²) >= 11 is 0. The van der Waals surface area contributed by atoms with E-state index in [4.69, 9.17) is 4.74 Å². The number of halogens is 2. The molecule has 0 aromatic rings. The molecule has 0 aliphatic heterocycles. The summed E-state index contributed by atoms with van der Waals surface area (Å²) in [5, 5.41) is 0. The Labute approximate surface area is 190 Å². The summed E-state index contributed by atoms with van der Waals surface area (Å²) in [6.45, 7) is 6.80. The lowest BCUT2D eigenvalue weighted by atomic mass is 10.0. The third-order valence-corrected chi connectivity index (χ3v) is 5.42. The lowest BCUT2D eigenvalue weighted by Gasteiger charge is -2.45. The average molecular weight is 444 g/mol. The van der Waals surface area contributed by atoms with Crippen LogP contribution in [0.15, 0.2) is 0 Å². The lowest BCUT2D eigenvalue weighted by Crippen LogP contribution is -3.00. The van der Waals surface area contributed by atoms with E-state index in [1.54, 1.807) is 0 Å². The smallest absolute Gasteiger partial charge is 0.241 e. The summed E-state index contributed by atoms with van der Waals surface area (Å²) in [7, 11) is 13.7. The third-order valence-electron chi connectivity index (χ3n) is 5.42. The molecule has 0 N–H and O–H groups in total. The van der Waals surface area contributed by atoms with Crippen molar-refractivity contribution in [3.05, 3.63) is 0 Å². The Morgan fingerprint density at radius 2 is 0.964 bits per heavy atom. The van der Waals surface area contributed by atoms with E-state index in [1.807, 2.05) is 0 Å². The number of likely N-dealkylation sites (N-methyl/N-ethyl adjacent to an activating group) is 2.